The van der Waals surface area contributed by atoms with Gasteiger partial charge in [-0.25, -0.2) is 9.97 Å². The fraction of sp³-hybridized carbons (Fsp3) is 0.353. The molecule has 1 aromatic heterocycles. The van der Waals surface area contributed by atoms with Crippen LogP contribution in [-0.4, -0.2) is 29.0 Å². The van der Waals surface area contributed by atoms with Gasteiger partial charge in [0.05, 0.1) is 0 Å². The van der Waals surface area contributed by atoms with E-state index in [2.05, 4.69) is 15.3 Å². The van der Waals surface area contributed by atoms with Gasteiger partial charge in [-0.1, -0.05) is 11.6 Å². The van der Waals surface area contributed by atoms with Crippen LogP contribution < -0.4 is 11.1 Å². The van der Waals surface area contributed by atoms with Crippen molar-refractivity contribution in [3.8, 4) is 11.4 Å². The highest BCUT2D eigenvalue weighted by molar-refractivity contribution is 6.30. The van der Waals surface area contributed by atoms with E-state index in [0.717, 1.165) is 22.5 Å². The predicted molar refractivity (Wildman–Crippen MR) is 92.4 cm³/mol. The lowest BCUT2D eigenvalue weighted by atomic mass is 10.1. The number of benzene rings is 1. The predicted octanol–water partition coefficient (Wildman–Crippen LogP) is 2.29. The molecule has 0 fully saturated rings. The van der Waals surface area contributed by atoms with Crippen LogP contribution >= 0.6 is 11.6 Å². The summed E-state index contributed by atoms with van der Waals surface area (Å²) in [4.78, 5) is 20.3. The van der Waals surface area contributed by atoms with Gasteiger partial charge in [-0.05, 0) is 43.3 Å². The third-order valence-electron chi connectivity index (χ3n) is 3.57. The van der Waals surface area contributed by atoms with Crippen LogP contribution in [0.4, 0.5) is 0 Å². The minimum absolute atomic E-state index is 0.0446. The number of carbonyl (C=O) groups is 1. The number of hydrogen-bond acceptors (Lipinski definition) is 4. The number of halogens is 1. The van der Waals surface area contributed by atoms with E-state index in [1.54, 1.807) is 0 Å². The van der Waals surface area contributed by atoms with Gasteiger partial charge in [-0.3, -0.25) is 4.79 Å². The number of nitrogens with zero attached hydrogens (tertiary/aromatic N) is 2. The minimum atomic E-state index is -0.0446. The van der Waals surface area contributed by atoms with E-state index in [1.807, 2.05) is 31.2 Å². The highest BCUT2D eigenvalue weighted by atomic mass is 35.5. The molecule has 1 aromatic carbocycles. The minimum Gasteiger partial charge on any atom is -0.356 e. The molecule has 0 saturated heterocycles. The van der Waals surface area contributed by atoms with E-state index in [1.165, 1.54) is 6.92 Å². The normalized spacial score (nSPS) is 10.6. The molecule has 0 aliphatic heterocycles. The van der Waals surface area contributed by atoms with Crippen molar-refractivity contribution in [3.63, 3.8) is 0 Å². The first-order chi connectivity index (χ1) is 11.0. The number of rotatable bonds is 6. The Morgan fingerprint density at radius 3 is 2.35 bits per heavy atom. The Hall–Kier alpha value is -1.98. The molecule has 1 amide bonds. The lowest BCUT2D eigenvalue weighted by Crippen LogP contribution is -2.23. The van der Waals surface area contributed by atoms with E-state index in [9.17, 15) is 4.79 Å². The maximum atomic E-state index is 11.0. The first-order valence-electron chi connectivity index (χ1n) is 7.58. The van der Waals surface area contributed by atoms with Crippen molar-refractivity contribution in [1.82, 2.24) is 15.3 Å². The molecule has 1 heterocycles. The molecule has 0 atom stereocenters. The van der Waals surface area contributed by atoms with Crippen LogP contribution in [0.15, 0.2) is 24.3 Å². The summed E-state index contributed by atoms with van der Waals surface area (Å²) in [5.41, 5.74) is 9.53. The molecule has 0 aliphatic rings. The van der Waals surface area contributed by atoms with Gasteiger partial charge in [-0.2, -0.15) is 0 Å². The van der Waals surface area contributed by atoms with Crippen LogP contribution in [0, 0.1) is 6.92 Å². The fourth-order valence-corrected chi connectivity index (χ4v) is 2.45. The molecule has 0 bridgehead atoms. The number of aromatic nitrogens is 2. The van der Waals surface area contributed by atoms with Crippen molar-refractivity contribution in [2.75, 3.05) is 13.1 Å². The van der Waals surface area contributed by atoms with Gasteiger partial charge in [0.25, 0.3) is 0 Å². The molecule has 5 nitrogen and oxygen atoms in total. The number of nitrogens with one attached hydrogen (secondary N) is 1. The van der Waals surface area contributed by atoms with Crippen LogP contribution in [0.25, 0.3) is 11.4 Å². The number of carbonyl (C=O) groups excluding carboxylic acids is 1. The summed E-state index contributed by atoms with van der Waals surface area (Å²) < 4.78 is 0. The summed E-state index contributed by atoms with van der Waals surface area (Å²) >= 11 is 5.94. The Kier molecular flexibility index (Phi) is 6.07. The van der Waals surface area contributed by atoms with Crippen LogP contribution in [0.1, 0.15) is 23.9 Å². The van der Waals surface area contributed by atoms with Gasteiger partial charge in [0.1, 0.15) is 0 Å². The van der Waals surface area contributed by atoms with Gasteiger partial charge in [0, 0.05) is 48.3 Å². The summed E-state index contributed by atoms with van der Waals surface area (Å²) in [5, 5.41) is 3.47. The van der Waals surface area contributed by atoms with Gasteiger partial charge in [-0.15, -0.1) is 0 Å². The van der Waals surface area contributed by atoms with Crippen molar-refractivity contribution < 1.29 is 4.79 Å². The summed E-state index contributed by atoms with van der Waals surface area (Å²) in [6.07, 6.45) is 1.36. The van der Waals surface area contributed by atoms with Crippen LogP contribution in [0.5, 0.6) is 0 Å². The van der Waals surface area contributed by atoms with Crippen molar-refractivity contribution in [2.24, 2.45) is 5.73 Å². The van der Waals surface area contributed by atoms with Crippen molar-refractivity contribution in [1.29, 1.82) is 0 Å². The van der Waals surface area contributed by atoms with Gasteiger partial charge in [0.15, 0.2) is 5.82 Å². The summed E-state index contributed by atoms with van der Waals surface area (Å²) in [6.45, 7) is 4.59. The lowest BCUT2D eigenvalue weighted by Gasteiger charge is -2.13. The molecular weight excluding hydrogens is 312 g/mol. The second-order valence-electron chi connectivity index (χ2n) is 5.34. The Morgan fingerprint density at radius 2 is 1.78 bits per heavy atom. The number of hydrogen-bond donors (Lipinski definition) is 2. The number of amides is 1. The zero-order valence-corrected chi connectivity index (χ0v) is 14.2. The van der Waals surface area contributed by atoms with E-state index >= 15 is 0 Å². The SMILES string of the molecule is CC(=O)NCCc1nc(-c2ccc(Cl)cc2)nc(CCN)c1C. The maximum absolute atomic E-state index is 11.0. The Balaban J connectivity index is 2.36. The summed E-state index contributed by atoms with van der Waals surface area (Å²) in [6, 6.07) is 7.44. The molecule has 3 N–H and O–H groups in total. The standard InChI is InChI=1S/C17H21ClN4O/c1-11-15(7-9-19)21-17(13-3-5-14(18)6-4-13)22-16(11)8-10-20-12(2)23/h3-6H,7-10,19H2,1-2H3,(H,20,23). The second kappa shape index (κ2) is 8.04. The van der Waals surface area contributed by atoms with Gasteiger partial charge in [0.2, 0.25) is 5.91 Å². The molecule has 6 heteroatoms. The monoisotopic (exact) mass is 332 g/mol. The fourth-order valence-electron chi connectivity index (χ4n) is 2.32. The van der Waals surface area contributed by atoms with E-state index < -0.39 is 0 Å². The average Bonchev–Trinajstić information content (AvgIpc) is 2.51. The van der Waals surface area contributed by atoms with Crippen LogP contribution in [-0.2, 0) is 17.6 Å². The smallest absolute Gasteiger partial charge is 0.216 e. The van der Waals surface area contributed by atoms with Crippen LogP contribution in [0.3, 0.4) is 0 Å². The molecule has 2 rings (SSSR count). The molecule has 2 aromatic rings. The van der Waals surface area contributed by atoms with Crippen molar-refractivity contribution >= 4 is 17.5 Å². The highest BCUT2D eigenvalue weighted by Gasteiger charge is 2.12. The number of nitrogens with two attached hydrogens (primary N) is 1. The van der Waals surface area contributed by atoms with Crippen LogP contribution in [0.2, 0.25) is 5.02 Å². The van der Waals surface area contributed by atoms with E-state index in [4.69, 9.17) is 17.3 Å². The molecule has 0 spiro atoms. The maximum Gasteiger partial charge on any atom is 0.216 e. The van der Waals surface area contributed by atoms with Crippen molar-refractivity contribution in [3.05, 3.63) is 46.2 Å². The molecule has 0 radical (unpaired) electrons. The molecule has 0 unspecified atom stereocenters. The average molecular weight is 333 g/mol. The second-order valence-corrected chi connectivity index (χ2v) is 5.78. The molecule has 0 saturated carbocycles. The van der Waals surface area contributed by atoms with Crippen molar-refractivity contribution in [2.45, 2.75) is 26.7 Å². The Morgan fingerprint density at radius 1 is 1.17 bits per heavy atom. The third kappa shape index (κ3) is 4.74. The first-order valence-corrected chi connectivity index (χ1v) is 7.96. The van der Waals surface area contributed by atoms with Gasteiger partial charge < -0.3 is 11.1 Å². The molecular formula is C17H21ClN4O. The summed E-state index contributed by atoms with van der Waals surface area (Å²) in [5.74, 6) is 0.616. The van der Waals surface area contributed by atoms with E-state index in [0.29, 0.717) is 36.8 Å². The quantitative estimate of drug-likeness (QED) is 0.850. The topological polar surface area (TPSA) is 80.9 Å². The molecule has 122 valence electrons. The van der Waals surface area contributed by atoms with E-state index in [-0.39, 0.29) is 5.91 Å². The lowest BCUT2D eigenvalue weighted by molar-refractivity contribution is -0.118. The van der Waals surface area contributed by atoms with Gasteiger partial charge >= 0.3 is 0 Å². The zero-order valence-electron chi connectivity index (χ0n) is 13.4. The Labute approximate surface area is 141 Å². The Bertz CT molecular complexity index is 686. The summed E-state index contributed by atoms with van der Waals surface area (Å²) in [7, 11) is 0. The zero-order chi connectivity index (χ0) is 16.8. The largest absolute Gasteiger partial charge is 0.356 e. The molecule has 23 heavy (non-hydrogen) atoms. The third-order valence-corrected chi connectivity index (χ3v) is 3.82. The first kappa shape index (κ1) is 17.4. The molecule has 0 aliphatic carbocycles. The highest BCUT2D eigenvalue weighted by Crippen LogP contribution is 2.21.